The van der Waals surface area contributed by atoms with Gasteiger partial charge in [-0.2, -0.15) is 0 Å². The highest BCUT2D eigenvalue weighted by molar-refractivity contribution is 6.76. The van der Waals surface area contributed by atoms with Crippen LogP contribution in [0, 0.1) is 25.7 Å². The summed E-state index contributed by atoms with van der Waals surface area (Å²) in [4.78, 5) is 12.9. The van der Waals surface area contributed by atoms with Crippen molar-refractivity contribution in [2.24, 2.45) is 0 Å². The number of imidazole rings is 1. The molecule has 0 unspecified atom stereocenters. The minimum absolute atomic E-state index is 0.476. The molecule has 122 valence electrons. The zero-order chi connectivity index (χ0) is 16.9. The second-order valence-corrected chi connectivity index (χ2v) is 12.4. The highest BCUT2D eigenvalue weighted by Gasteiger charge is 2.12. The van der Waals surface area contributed by atoms with Gasteiger partial charge in [-0.15, -0.1) is 0 Å². The van der Waals surface area contributed by atoms with Gasteiger partial charge in [-0.05, 0) is 37.8 Å². The fourth-order valence-corrected chi connectivity index (χ4v) is 2.66. The van der Waals surface area contributed by atoms with Gasteiger partial charge in [0, 0.05) is 32.8 Å². The molecule has 0 aliphatic heterocycles. The molecule has 0 saturated carbocycles. The van der Waals surface area contributed by atoms with Crippen molar-refractivity contribution in [3.8, 4) is 11.8 Å². The molecule has 0 radical (unpaired) electrons. The maximum absolute atomic E-state index is 5.78. The van der Waals surface area contributed by atoms with Crippen LogP contribution in [0.2, 0.25) is 25.7 Å². The van der Waals surface area contributed by atoms with E-state index in [-0.39, 0.29) is 0 Å². The Morgan fingerprint density at radius 3 is 2.61 bits per heavy atom. The van der Waals surface area contributed by atoms with Crippen molar-refractivity contribution < 1.29 is 4.74 Å². The first-order chi connectivity index (χ1) is 10.8. The zero-order valence-electron chi connectivity index (χ0n) is 14.6. The second kappa shape index (κ2) is 7.53. The van der Waals surface area contributed by atoms with E-state index in [0.717, 1.165) is 24.0 Å². The van der Waals surface area contributed by atoms with Crippen LogP contribution in [0.3, 0.4) is 0 Å². The topological polar surface area (TPSA) is 52.8 Å². The van der Waals surface area contributed by atoms with Gasteiger partial charge in [0.15, 0.2) is 5.82 Å². The average Bonchev–Trinajstić information content (AvgIpc) is 2.81. The van der Waals surface area contributed by atoms with Gasteiger partial charge in [-0.3, -0.25) is 0 Å². The van der Waals surface area contributed by atoms with Crippen LogP contribution < -0.4 is 0 Å². The normalized spacial score (nSPS) is 11.2. The van der Waals surface area contributed by atoms with Gasteiger partial charge < -0.3 is 9.30 Å². The van der Waals surface area contributed by atoms with Crippen LogP contribution in [0.15, 0.2) is 18.5 Å². The summed E-state index contributed by atoms with van der Waals surface area (Å²) in [7, 11) is -1.06. The van der Waals surface area contributed by atoms with Crippen LogP contribution in [-0.2, 0) is 11.5 Å². The van der Waals surface area contributed by atoms with E-state index < -0.39 is 8.07 Å². The molecule has 0 fully saturated rings. The quantitative estimate of drug-likeness (QED) is 0.481. The van der Waals surface area contributed by atoms with Gasteiger partial charge in [-0.25, -0.2) is 15.0 Å². The molecular formula is C17H24N4OSi. The number of aromatic nitrogens is 4. The van der Waals surface area contributed by atoms with Gasteiger partial charge >= 0.3 is 0 Å². The number of hydrogen-bond acceptors (Lipinski definition) is 4. The maximum atomic E-state index is 5.78. The first-order valence-corrected chi connectivity index (χ1v) is 11.5. The summed E-state index contributed by atoms with van der Waals surface area (Å²) in [6, 6.07) is 3.00. The van der Waals surface area contributed by atoms with Crippen LogP contribution in [0.25, 0.3) is 0 Å². The maximum Gasteiger partial charge on any atom is 0.205 e. The molecule has 6 heteroatoms. The standard InChI is InChI=1S/C17H24N4OSi/c1-14-8-9-18-16(19-14)6-7-17-20-15(2)12-21(17)13-22-10-11-23(3,4)5/h8-9,12H,10-11,13H2,1-5H3. The second-order valence-electron chi connectivity index (χ2n) is 6.80. The Bertz CT molecular complexity index is 722. The number of nitrogens with zero attached hydrogens (tertiary/aromatic N) is 4. The lowest BCUT2D eigenvalue weighted by molar-refractivity contribution is 0.0865. The van der Waals surface area contributed by atoms with E-state index in [0.29, 0.717) is 18.4 Å². The number of ether oxygens (including phenoxy) is 1. The van der Waals surface area contributed by atoms with Crippen LogP contribution in [0.5, 0.6) is 0 Å². The van der Waals surface area contributed by atoms with Gasteiger partial charge in [0.25, 0.3) is 0 Å². The molecule has 0 atom stereocenters. The summed E-state index contributed by atoms with van der Waals surface area (Å²) in [5, 5.41) is 0. The largest absolute Gasteiger partial charge is 0.361 e. The molecule has 0 amide bonds. The lowest BCUT2D eigenvalue weighted by Crippen LogP contribution is -2.22. The zero-order valence-corrected chi connectivity index (χ0v) is 15.6. The molecule has 0 spiro atoms. The van der Waals surface area contributed by atoms with Crippen LogP contribution >= 0.6 is 0 Å². The lowest BCUT2D eigenvalue weighted by Gasteiger charge is -2.15. The van der Waals surface area contributed by atoms with Crippen molar-refractivity contribution in [3.63, 3.8) is 0 Å². The Labute approximate surface area is 139 Å². The third kappa shape index (κ3) is 5.97. The van der Waals surface area contributed by atoms with Gasteiger partial charge in [0.1, 0.15) is 6.73 Å². The van der Waals surface area contributed by atoms with Gasteiger partial charge in [-0.1, -0.05) is 19.6 Å². The molecule has 5 nitrogen and oxygen atoms in total. The minimum Gasteiger partial charge on any atom is -0.361 e. The molecule has 2 aromatic rings. The van der Waals surface area contributed by atoms with Crippen molar-refractivity contribution in [2.45, 2.75) is 46.3 Å². The number of rotatable bonds is 5. The lowest BCUT2D eigenvalue weighted by atomic mass is 10.4. The van der Waals surface area contributed by atoms with E-state index >= 15 is 0 Å². The monoisotopic (exact) mass is 328 g/mol. The molecule has 0 saturated heterocycles. The minimum atomic E-state index is -1.06. The van der Waals surface area contributed by atoms with E-state index in [1.165, 1.54) is 0 Å². The van der Waals surface area contributed by atoms with Crippen molar-refractivity contribution >= 4 is 8.07 Å². The Hall–Kier alpha value is -1.97. The van der Waals surface area contributed by atoms with E-state index in [1.807, 2.05) is 30.7 Å². The summed E-state index contributed by atoms with van der Waals surface area (Å²) in [6.07, 6.45) is 3.67. The first kappa shape index (κ1) is 17.4. The molecule has 0 N–H and O–H groups in total. The highest BCUT2D eigenvalue weighted by Crippen LogP contribution is 2.08. The van der Waals surface area contributed by atoms with Crippen LogP contribution in [0.1, 0.15) is 23.0 Å². The molecule has 0 bridgehead atoms. The van der Waals surface area contributed by atoms with Crippen LogP contribution in [0.4, 0.5) is 0 Å². The number of aryl methyl sites for hydroxylation is 2. The SMILES string of the molecule is Cc1ccnc(C#Cc2nc(C)cn2COCC[Si](C)(C)C)n1. The van der Waals surface area contributed by atoms with E-state index in [2.05, 4.69) is 46.4 Å². The molecule has 2 heterocycles. The summed E-state index contributed by atoms with van der Waals surface area (Å²) in [5.41, 5.74) is 1.83. The first-order valence-electron chi connectivity index (χ1n) is 7.77. The fourth-order valence-electron chi connectivity index (χ4n) is 1.91. The summed E-state index contributed by atoms with van der Waals surface area (Å²) in [5.74, 6) is 7.20. The fraction of sp³-hybridized carbons (Fsp3) is 0.471. The van der Waals surface area contributed by atoms with Crippen molar-refractivity contribution in [1.29, 1.82) is 0 Å². The molecule has 0 aromatic carbocycles. The van der Waals surface area contributed by atoms with Gasteiger partial charge in [0.2, 0.25) is 5.82 Å². The summed E-state index contributed by atoms with van der Waals surface area (Å²) >= 11 is 0. The van der Waals surface area contributed by atoms with E-state index in [4.69, 9.17) is 4.74 Å². The summed E-state index contributed by atoms with van der Waals surface area (Å²) in [6.45, 7) is 12.2. The molecule has 2 aromatic heterocycles. The predicted octanol–water partition coefficient (Wildman–Crippen LogP) is 3.00. The Kier molecular flexibility index (Phi) is 5.69. The van der Waals surface area contributed by atoms with Crippen LogP contribution in [-0.4, -0.2) is 34.2 Å². The van der Waals surface area contributed by atoms with Crippen molar-refractivity contribution in [1.82, 2.24) is 19.5 Å². The Morgan fingerprint density at radius 1 is 1.13 bits per heavy atom. The van der Waals surface area contributed by atoms with Crippen molar-refractivity contribution in [3.05, 3.63) is 41.5 Å². The molecule has 23 heavy (non-hydrogen) atoms. The van der Waals surface area contributed by atoms with Crippen molar-refractivity contribution in [2.75, 3.05) is 6.61 Å². The Morgan fingerprint density at radius 2 is 1.91 bits per heavy atom. The molecular weight excluding hydrogens is 304 g/mol. The molecule has 2 rings (SSSR count). The van der Waals surface area contributed by atoms with E-state index in [1.54, 1.807) is 6.20 Å². The highest BCUT2D eigenvalue weighted by atomic mass is 28.3. The van der Waals surface area contributed by atoms with Gasteiger partial charge in [0.05, 0.1) is 5.69 Å². The smallest absolute Gasteiger partial charge is 0.205 e. The molecule has 0 aliphatic rings. The number of hydrogen-bond donors (Lipinski definition) is 0. The predicted molar refractivity (Wildman–Crippen MR) is 93.8 cm³/mol. The molecule has 0 aliphatic carbocycles. The third-order valence-corrected chi connectivity index (χ3v) is 4.91. The third-order valence-electron chi connectivity index (χ3n) is 3.20. The summed E-state index contributed by atoms with van der Waals surface area (Å²) < 4.78 is 7.71. The average molecular weight is 328 g/mol. The Balaban J connectivity index is 2.03. The van der Waals surface area contributed by atoms with E-state index in [9.17, 15) is 0 Å².